The molecule has 135 heavy (non-hydrogen) atoms. The Morgan fingerprint density at radius 3 is 0.778 bits per heavy atom. The number of hydrogen-bond acceptors (Lipinski definition) is 8. The van der Waals surface area contributed by atoms with Gasteiger partial charge in [0.25, 0.3) is 0 Å². The average molecular weight is 2460 g/mol. The molecule has 0 atom stereocenters. The topological polar surface area (TPSA) is 103 Å². The van der Waals surface area contributed by atoms with Crippen molar-refractivity contribution in [1.29, 1.82) is 0 Å². The molecule has 12 aromatic carbocycles. The van der Waals surface area contributed by atoms with Gasteiger partial charge in [0, 0.05) is 130 Å². The SMILES string of the molecule is Cc1cc(-c2ccnc(-c3[c-]cccc3)c2)cc(C)c1C.Cc1cc[c-]c(-c2cc(-c3ccccc3)ccn2)c1.Cc1ccc(-c2[c-]cccc2)nc1.Cc1ccc(-c2[c-]cccc2)nc1.Cc1ccc(-c2[c-]cccc2)nc1.Cc1ccc(-c2ccnc(-c3[c-]cccc3)c2)cc1.Cc1cccc(-c2ccnc(-c3[c-]cccc3)c2)c1.Cc1cnc(-c2[c-]cccc2)cc1C.[Ir].[Ir].[Ir].[Ir]. The zero-order chi connectivity index (χ0) is 91.3. The zero-order valence-electron chi connectivity index (χ0n) is 77.2. The van der Waals surface area contributed by atoms with Gasteiger partial charge < -0.3 is 39.9 Å². The third-order valence-corrected chi connectivity index (χ3v) is 21.4. The first kappa shape index (κ1) is 105. The molecule has 0 saturated heterocycles. The van der Waals surface area contributed by atoms with Gasteiger partial charge in [-0.2, -0.15) is 0 Å². The van der Waals surface area contributed by atoms with Gasteiger partial charge in [0.2, 0.25) is 0 Å². The fourth-order valence-corrected chi connectivity index (χ4v) is 13.7. The van der Waals surface area contributed by atoms with E-state index in [9.17, 15) is 0 Å². The molecule has 0 aliphatic carbocycles. The van der Waals surface area contributed by atoms with Gasteiger partial charge >= 0.3 is 0 Å². The molecule has 0 amide bonds. The van der Waals surface area contributed by atoms with Crippen molar-refractivity contribution in [2.75, 3.05) is 0 Å². The van der Waals surface area contributed by atoms with Crippen LogP contribution in [0.2, 0.25) is 0 Å². The summed E-state index contributed by atoms with van der Waals surface area (Å²) >= 11 is 0. The third-order valence-electron chi connectivity index (χ3n) is 21.4. The van der Waals surface area contributed by atoms with Crippen LogP contribution in [0, 0.1) is 125 Å². The maximum Gasteiger partial charge on any atom is 0.0192 e. The van der Waals surface area contributed by atoms with Gasteiger partial charge in [0.1, 0.15) is 0 Å². The van der Waals surface area contributed by atoms with Crippen molar-refractivity contribution >= 4 is 0 Å². The van der Waals surface area contributed by atoms with Crippen LogP contribution >= 0.6 is 0 Å². The molecule has 12 heteroatoms. The van der Waals surface area contributed by atoms with E-state index < -0.39 is 0 Å². The normalized spacial score (nSPS) is 9.95. The van der Waals surface area contributed by atoms with Gasteiger partial charge in [-0.25, -0.2) is 0 Å². The number of aromatic nitrogens is 8. The monoisotopic (exact) mass is 2460 g/mol. The molecule has 678 valence electrons. The summed E-state index contributed by atoms with van der Waals surface area (Å²) in [5, 5.41) is 0. The number of hydrogen-bond donors (Lipinski definition) is 0. The van der Waals surface area contributed by atoms with Gasteiger partial charge in [0.05, 0.1) is 0 Å². The van der Waals surface area contributed by atoms with Crippen LogP contribution in [0.3, 0.4) is 0 Å². The van der Waals surface area contributed by atoms with Crippen LogP contribution in [0.15, 0.2) is 420 Å². The van der Waals surface area contributed by atoms with Gasteiger partial charge in [-0.05, 0) is 223 Å². The fourth-order valence-electron chi connectivity index (χ4n) is 13.7. The van der Waals surface area contributed by atoms with Gasteiger partial charge in [-0.15, -0.1) is 287 Å². The molecular weight excluding hydrogens is 2360 g/mol. The Labute approximate surface area is 852 Å². The first-order valence-corrected chi connectivity index (χ1v) is 43.6. The average Bonchev–Trinajstić information content (AvgIpc) is 0.806. The van der Waals surface area contributed by atoms with Crippen LogP contribution in [0.1, 0.15) is 61.2 Å². The summed E-state index contributed by atoms with van der Waals surface area (Å²) in [6.45, 7) is 23.1. The van der Waals surface area contributed by atoms with Crippen molar-refractivity contribution in [3.63, 3.8) is 0 Å². The maximum absolute atomic E-state index is 4.47. The van der Waals surface area contributed by atoms with E-state index in [1.54, 1.807) is 0 Å². The Hall–Kier alpha value is -13.6. The molecule has 0 aliphatic heterocycles. The van der Waals surface area contributed by atoms with E-state index in [4.69, 9.17) is 0 Å². The molecule has 20 aromatic rings. The number of pyridine rings is 8. The summed E-state index contributed by atoms with van der Waals surface area (Å²) in [5.74, 6) is 0. The number of rotatable bonds is 12. The van der Waals surface area contributed by atoms with E-state index in [0.717, 1.165) is 90.1 Å². The second-order valence-electron chi connectivity index (χ2n) is 31.6. The summed E-state index contributed by atoms with van der Waals surface area (Å²) in [6.07, 6.45) is 15.0. The smallest absolute Gasteiger partial charge is 0.0192 e. The van der Waals surface area contributed by atoms with Crippen LogP contribution < -0.4 is 0 Å². The summed E-state index contributed by atoms with van der Waals surface area (Å²) < 4.78 is 0. The molecule has 0 unspecified atom stereocenters. The molecule has 0 bridgehead atoms. The molecule has 8 heterocycles. The van der Waals surface area contributed by atoms with Gasteiger partial charge in [-0.3, -0.25) is 0 Å². The minimum atomic E-state index is 0. The Balaban J connectivity index is 0.000000173. The zero-order valence-corrected chi connectivity index (χ0v) is 86.8. The predicted octanol–water partition coefficient (Wildman–Crippen LogP) is 30.4. The molecule has 8 nitrogen and oxygen atoms in total. The number of nitrogens with zero attached hydrogens (tertiary/aromatic N) is 8. The summed E-state index contributed by atoms with van der Waals surface area (Å²) in [5.41, 5.74) is 39.5. The van der Waals surface area contributed by atoms with Crippen LogP contribution in [0.5, 0.6) is 0 Å². The largest absolute Gasteiger partial charge is 0.305 e. The van der Waals surface area contributed by atoms with Crippen molar-refractivity contribution in [2.24, 2.45) is 0 Å². The quantitative estimate of drug-likeness (QED) is 0.111. The molecule has 4 radical (unpaired) electrons. The maximum atomic E-state index is 4.47. The predicted molar refractivity (Wildman–Crippen MR) is 542 cm³/mol. The first-order valence-electron chi connectivity index (χ1n) is 43.6. The molecule has 0 spiro atoms. The second-order valence-corrected chi connectivity index (χ2v) is 31.6. The Morgan fingerprint density at radius 1 is 0.156 bits per heavy atom. The van der Waals surface area contributed by atoms with E-state index in [2.05, 4.69) is 277 Å². The summed E-state index contributed by atoms with van der Waals surface area (Å²) in [4.78, 5) is 35.1. The Bertz CT molecular complexity index is 6550. The summed E-state index contributed by atoms with van der Waals surface area (Å²) in [7, 11) is 0. The second kappa shape index (κ2) is 55.2. The van der Waals surface area contributed by atoms with E-state index in [-0.39, 0.29) is 80.4 Å². The minimum Gasteiger partial charge on any atom is -0.305 e. The molecule has 20 rings (SSSR count). The minimum absolute atomic E-state index is 0. The Kier molecular flexibility index (Phi) is 43.0. The van der Waals surface area contributed by atoms with Crippen molar-refractivity contribution in [3.05, 3.63) is 529 Å². The number of aryl methyl sites for hydroxylation is 10. The molecule has 0 saturated carbocycles. The fraction of sp³-hybridized carbons (Fsp3) is 0.0894. The van der Waals surface area contributed by atoms with Crippen LogP contribution in [-0.2, 0) is 80.4 Å². The molecule has 8 aromatic heterocycles. The Morgan fingerprint density at radius 2 is 0.444 bits per heavy atom. The molecule has 0 N–H and O–H groups in total. The van der Waals surface area contributed by atoms with E-state index in [1.165, 1.54) is 106 Å². The van der Waals surface area contributed by atoms with Crippen LogP contribution in [-0.4, -0.2) is 39.9 Å². The van der Waals surface area contributed by atoms with Crippen molar-refractivity contribution in [2.45, 2.75) is 76.2 Å². The van der Waals surface area contributed by atoms with Crippen molar-refractivity contribution in [3.8, 4) is 135 Å². The van der Waals surface area contributed by atoms with Crippen molar-refractivity contribution < 1.29 is 80.4 Å². The van der Waals surface area contributed by atoms with E-state index >= 15 is 0 Å². The van der Waals surface area contributed by atoms with E-state index in [0.29, 0.717) is 0 Å². The molecule has 0 aliphatic rings. The standard InChI is InChI=1S/C20H18N.3C18H14N.C13H12N.3C12H10N.4Ir/c1-14-11-19(12-15(2)16(14)3)18-9-10-21-20(13-18)17-7-5-4-6-8-17;1-14-6-5-9-17(12-14)18-13-16(10-11-19-18)15-7-3-2-4-8-15;1-14-6-5-9-16(12-14)17-10-11-19-18(13-17)15-7-3-2-4-8-15;1-14-7-9-15(10-8-14)17-11-12-19-18(13-17)16-5-3-2-4-6-16;1-10-8-13(14-9-11(10)2)12-6-4-3-5-7-12;3*1-10-7-8-12(13-9-10)11-5-3-2-4-6-11;;;;/h4-7,9-13H,1-3H3;2-8,10-13H,1H3;2-7,9-13H,1H3;2-5,7-13H,1H3;3-6,8-9H,1-2H3;3*2-5,7-9H,1H3;;;;/q8*-1;;;;. The van der Waals surface area contributed by atoms with Crippen LogP contribution in [0.4, 0.5) is 0 Å². The summed E-state index contributed by atoms with van der Waals surface area (Å²) in [6, 6.07) is 150. The number of benzene rings is 12. The van der Waals surface area contributed by atoms with Gasteiger partial charge in [-0.1, -0.05) is 181 Å². The van der Waals surface area contributed by atoms with Crippen molar-refractivity contribution in [1.82, 2.24) is 39.9 Å². The molecular formula is C123H102Ir4N8-8. The molecule has 0 fully saturated rings. The van der Waals surface area contributed by atoms with E-state index in [1.807, 2.05) is 307 Å². The first-order chi connectivity index (χ1) is 64.0. The third kappa shape index (κ3) is 32.7. The van der Waals surface area contributed by atoms with Gasteiger partial charge in [0.15, 0.2) is 0 Å². The van der Waals surface area contributed by atoms with Crippen LogP contribution in [0.25, 0.3) is 135 Å².